The van der Waals surface area contributed by atoms with Crippen molar-refractivity contribution in [3.8, 4) is 0 Å². The van der Waals surface area contributed by atoms with Gasteiger partial charge in [-0.25, -0.2) is 0 Å². The maximum Gasteiger partial charge on any atom is 0.231 e. The first-order valence-corrected chi connectivity index (χ1v) is 5.59. The molecule has 1 rings (SSSR count). The van der Waals surface area contributed by atoms with Crippen LogP contribution in [0.5, 0.6) is 0 Å². The molecule has 0 aliphatic rings. The van der Waals surface area contributed by atoms with Crippen LogP contribution in [0.4, 0.5) is 0 Å². The Bertz CT molecular complexity index is 447. The third kappa shape index (κ3) is 2.79. The molecule has 1 amide bonds. The fraction of sp³-hybridized carbons (Fsp3) is 0.545. The van der Waals surface area contributed by atoms with Crippen molar-refractivity contribution < 1.29 is 14.5 Å². The first kappa shape index (κ1) is 14.0. The summed E-state index contributed by atoms with van der Waals surface area (Å²) in [4.78, 5) is 11.8. The van der Waals surface area contributed by atoms with Crippen LogP contribution in [-0.2, 0) is 4.79 Å². The molecule has 18 heavy (non-hydrogen) atoms. The number of aromatic nitrogens is 1. The lowest BCUT2D eigenvalue weighted by atomic mass is 10.1. The molecule has 1 aromatic rings. The lowest BCUT2D eigenvalue weighted by Crippen LogP contribution is -2.38. The molecule has 0 radical (unpaired) electrons. The van der Waals surface area contributed by atoms with E-state index in [4.69, 9.17) is 15.5 Å². The highest BCUT2D eigenvalue weighted by molar-refractivity contribution is 6.01. The van der Waals surface area contributed by atoms with Gasteiger partial charge in [-0.3, -0.25) is 4.79 Å². The SMILES string of the molecule is Cc1noc(C)c1C(C)NC(=O)C(C)C(N)=NO. The van der Waals surface area contributed by atoms with Crippen molar-refractivity contribution in [3.05, 3.63) is 17.0 Å². The molecule has 0 aromatic carbocycles. The van der Waals surface area contributed by atoms with Gasteiger partial charge in [0.15, 0.2) is 5.84 Å². The van der Waals surface area contributed by atoms with E-state index in [-0.39, 0.29) is 17.8 Å². The topological polar surface area (TPSA) is 114 Å². The highest BCUT2D eigenvalue weighted by atomic mass is 16.5. The first-order chi connectivity index (χ1) is 8.38. The van der Waals surface area contributed by atoms with Crippen LogP contribution in [0.3, 0.4) is 0 Å². The molecule has 0 aliphatic carbocycles. The minimum absolute atomic E-state index is 0.126. The average molecular weight is 254 g/mol. The Morgan fingerprint density at radius 1 is 1.50 bits per heavy atom. The molecule has 1 heterocycles. The summed E-state index contributed by atoms with van der Waals surface area (Å²) in [6.07, 6.45) is 0. The smallest absolute Gasteiger partial charge is 0.231 e. The molecule has 0 fully saturated rings. The van der Waals surface area contributed by atoms with Gasteiger partial charge in [0.25, 0.3) is 0 Å². The minimum atomic E-state index is -0.696. The van der Waals surface area contributed by atoms with E-state index in [0.717, 1.165) is 11.3 Å². The van der Waals surface area contributed by atoms with Gasteiger partial charge in [-0.2, -0.15) is 0 Å². The number of rotatable bonds is 4. The number of nitrogens with zero attached hydrogens (tertiary/aromatic N) is 2. The minimum Gasteiger partial charge on any atom is -0.409 e. The Morgan fingerprint density at radius 2 is 2.11 bits per heavy atom. The van der Waals surface area contributed by atoms with E-state index >= 15 is 0 Å². The van der Waals surface area contributed by atoms with Gasteiger partial charge < -0.3 is 20.8 Å². The monoisotopic (exact) mass is 254 g/mol. The quantitative estimate of drug-likeness (QED) is 0.319. The summed E-state index contributed by atoms with van der Waals surface area (Å²) >= 11 is 0. The number of nitrogens with one attached hydrogen (secondary N) is 1. The average Bonchev–Trinajstić information content (AvgIpc) is 2.66. The lowest BCUT2D eigenvalue weighted by molar-refractivity contribution is -0.123. The molecule has 0 bridgehead atoms. The third-order valence-electron chi connectivity index (χ3n) is 2.83. The maximum atomic E-state index is 11.8. The number of hydrogen-bond donors (Lipinski definition) is 3. The highest BCUT2D eigenvalue weighted by Gasteiger charge is 2.23. The third-order valence-corrected chi connectivity index (χ3v) is 2.83. The maximum absolute atomic E-state index is 11.8. The van der Waals surface area contributed by atoms with E-state index < -0.39 is 5.92 Å². The molecule has 7 heteroatoms. The summed E-state index contributed by atoms with van der Waals surface area (Å²) in [5, 5.41) is 17.9. The van der Waals surface area contributed by atoms with Gasteiger partial charge in [-0.1, -0.05) is 10.3 Å². The van der Waals surface area contributed by atoms with Gasteiger partial charge in [-0.15, -0.1) is 0 Å². The van der Waals surface area contributed by atoms with Crippen molar-refractivity contribution >= 4 is 11.7 Å². The summed E-state index contributed by atoms with van der Waals surface area (Å²) in [6, 6.07) is -0.252. The lowest BCUT2D eigenvalue weighted by Gasteiger charge is -2.16. The van der Waals surface area contributed by atoms with Gasteiger partial charge >= 0.3 is 0 Å². The Labute approximate surface area is 105 Å². The van der Waals surface area contributed by atoms with Crippen molar-refractivity contribution in [3.63, 3.8) is 0 Å². The summed E-state index contributed by atoms with van der Waals surface area (Å²) < 4.78 is 5.04. The molecule has 2 atom stereocenters. The van der Waals surface area contributed by atoms with E-state index in [0.29, 0.717) is 5.76 Å². The second-order valence-electron chi connectivity index (χ2n) is 4.21. The zero-order valence-electron chi connectivity index (χ0n) is 10.9. The normalized spacial score (nSPS) is 15.2. The van der Waals surface area contributed by atoms with Gasteiger partial charge in [-0.05, 0) is 27.7 Å². The first-order valence-electron chi connectivity index (χ1n) is 5.59. The number of nitrogens with two attached hydrogens (primary N) is 1. The zero-order valence-corrected chi connectivity index (χ0v) is 10.9. The summed E-state index contributed by atoms with van der Waals surface area (Å²) in [6.45, 7) is 6.97. The molecule has 0 saturated heterocycles. The van der Waals surface area contributed by atoms with Crippen LogP contribution in [-0.4, -0.2) is 22.1 Å². The summed E-state index contributed by atoms with van der Waals surface area (Å²) in [5.41, 5.74) is 6.96. The number of hydrogen-bond acceptors (Lipinski definition) is 5. The molecule has 100 valence electrons. The Kier molecular flexibility index (Phi) is 4.30. The van der Waals surface area contributed by atoms with Crippen LogP contribution in [0.1, 0.15) is 36.9 Å². The fourth-order valence-electron chi connectivity index (χ4n) is 1.74. The largest absolute Gasteiger partial charge is 0.409 e. The Morgan fingerprint density at radius 3 is 2.56 bits per heavy atom. The van der Waals surface area contributed by atoms with Gasteiger partial charge in [0.1, 0.15) is 5.76 Å². The second-order valence-corrected chi connectivity index (χ2v) is 4.21. The van der Waals surface area contributed by atoms with Crippen molar-refractivity contribution in [1.82, 2.24) is 10.5 Å². The molecular weight excluding hydrogens is 236 g/mol. The second kappa shape index (κ2) is 5.52. The molecule has 0 spiro atoms. The van der Waals surface area contributed by atoms with E-state index in [2.05, 4.69) is 15.6 Å². The number of amides is 1. The zero-order chi connectivity index (χ0) is 13.9. The number of amidine groups is 1. The summed E-state index contributed by atoms with van der Waals surface area (Å²) in [5.74, 6) is -0.481. The molecular formula is C11H18N4O3. The van der Waals surface area contributed by atoms with Crippen LogP contribution >= 0.6 is 0 Å². The number of carbonyl (C=O) groups is 1. The van der Waals surface area contributed by atoms with Crippen LogP contribution in [0.25, 0.3) is 0 Å². The van der Waals surface area contributed by atoms with E-state index in [1.807, 2.05) is 13.8 Å². The Balaban J connectivity index is 2.77. The van der Waals surface area contributed by atoms with Gasteiger partial charge in [0, 0.05) is 5.56 Å². The van der Waals surface area contributed by atoms with Gasteiger partial charge in [0.05, 0.1) is 17.7 Å². The predicted octanol–water partition coefficient (Wildman–Crippen LogP) is 0.851. The molecule has 2 unspecified atom stereocenters. The predicted molar refractivity (Wildman–Crippen MR) is 65.1 cm³/mol. The van der Waals surface area contributed by atoms with E-state index in [1.54, 1.807) is 13.8 Å². The summed E-state index contributed by atoms with van der Waals surface area (Å²) in [7, 11) is 0. The number of oxime groups is 1. The van der Waals surface area contributed by atoms with E-state index in [9.17, 15) is 4.79 Å². The van der Waals surface area contributed by atoms with Crippen molar-refractivity contribution in [1.29, 1.82) is 0 Å². The number of carbonyl (C=O) groups excluding carboxylic acids is 1. The fourth-order valence-corrected chi connectivity index (χ4v) is 1.74. The van der Waals surface area contributed by atoms with Crippen LogP contribution in [0.2, 0.25) is 0 Å². The number of aryl methyl sites for hydroxylation is 2. The Hall–Kier alpha value is -2.05. The van der Waals surface area contributed by atoms with Crippen molar-refractivity contribution in [2.75, 3.05) is 0 Å². The van der Waals surface area contributed by atoms with Crippen LogP contribution in [0, 0.1) is 19.8 Å². The standard InChI is InChI=1S/C11H18N4O3/c1-5(10(12)14-17)11(16)13-6(2)9-7(3)15-18-8(9)4/h5-6,17H,1-4H3,(H2,12,14)(H,13,16). The molecule has 0 saturated carbocycles. The highest BCUT2D eigenvalue weighted by Crippen LogP contribution is 2.21. The molecule has 4 N–H and O–H groups in total. The van der Waals surface area contributed by atoms with Crippen LogP contribution < -0.4 is 11.1 Å². The van der Waals surface area contributed by atoms with Crippen molar-refractivity contribution in [2.24, 2.45) is 16.8 Å². The van der Waals surface area contributed by atoms with Crippen LogP contribution in [0.15, 0.2) is 9.68 Å². The van der Waals surface area contributed by atoms with Crippen molar-refractivity contribution in [2.45, 2.75) is 33.7 Å². The molecule has 0 aliphatic heterocycles. The molecule has 1 aromatic heterocycles. The molecule has 7 nitrogen and oxygen atoms in total. The van der Waals surface area contributed by atoms with Gasteiger partial charge in [0.2, 0.25) is 5.91 Å². The van der Waals surface area contributed by atoms with E-state index in [1.165, 1.54) is 0 Å².